The highest BCUT2D eigenvalue weighted by molar-refractivity contribution is 5.87. The molecule has 0 aromatic carbocycles. The van der Waals surface area contributed by atoms with Gasteiger partial charge in [0, 0.05) is 18.5 Å². The van der Waals surface area contributed by atoms with Crippen LogP contribution in [0.5, 0.6) is 0 Å². The molecule has 0 saturated heterocycles. The molecule has 1 rings (SSSR count). The minimum absolute atomic E-state index is 0.138. The Morgan fingerprint density at radius 2 is 1.95 bits per heavy atom. The molecule has 1 amide bonds. The predicted molar refractivity (Wildman–Crippen MR) is 81.9 cm³/mol. The fourth-order valence-electron chi connectivity index (χ4n) is 2.91. The van der Waals surface area contributed by atoms with Gasteiger partial charge in [-0.25, -0.2) is 4.79 Å². The van der Waals surface area contributed by atoms with Gasteiger partial charge >= 0.3 is 5.97 Å². The summed E-state index contributed by atoms with van der Waals surface area (Å²) < 4.78 is 0. The van der Waals surface area contributed by atoms with Crippen molar-refractivity contribution in [1.82, 2.24) is 10.2 Å². The van der Waals surface area contributed by atoms with Gasteiger partial charge in [0.2, 0.25) is 5.91 Å². The average Bonchev–Trinajstić information content (AvgIpc) is 2.40. The Bertz CT molecular complexity index is 403. The second-order valence-corrected chi connectivity index (χ2v) is 5.62. The number of amides is 1. The van der Waals surface area contributed by atoms with Gasteiger partial charge in [0.05, 0.1) is 12.1 Å². The molecule has 0 unspecified atom stereocenters. The standard InChI is InChI=1S/C15H27N3O3/c1-4-6-18(7-5-2)13-9-11(15(20)21)8-12(16)14(13)17-10(3)19/h9,12-14H,4-8,16H2,1-3H3,(H,17,19)(H,20,21)/t12-,13-,14-/m1/s1. The van der Waals surface area contributed by atoms with Crippen molar-refractivity contribution in [3.05, 3.63) is 11.6 Å². The smallest absolute Gasteiger partial charge is 0.331 e. The summed E-state index contributed by atoms with van der Waals surface area (Å²) in [6, 6.07) is -0.793. The summed E-state index contributed by atoms with van der Waals surface area (Å²) in [5.74, 6) is -1.06. The Kier molecular flexibility index (Phi) is 6.84. The van der Waals surface area contributed by atoms with Crippen LogP contribution in [0, 0.1) is 0 Å². The average molecular weight is 297 g/mol. The summed E-state index contributed by atoms with van der Waals surface area (Å²) in [4.78, 5) is 24.9. The van der Waals surface area contributed by atoms with E-state index in [1.54, 1.807) is 6.08 Å². The lowest BCUT2D eigenvalue weighted by atomic mass is 9.85. The van der Waals surface area contributed by atoms with Crippen LogP contribution < -0.4 is 11.1 Å². The third kappa shape index (κ3) is 4.82. The number of nitrogens with one attached hydrogen (secondary N) is 1. The van der Waals surface area contributed by atoms with Gasteiger partial charge in [0.1, 0.15) is 0 Å². The molecular formula is C15H27N3O3. The van der Waals surface area contributed by atoms with E-state index in [1.807, 2.05) is 0 Å². The van der Waals surface area contributed by atoms with Gasteiger partial charge in [-0.1, -0.05) is 19.9 Å². The monoisotopic (exact) mass is 297 g/mol. The van der Waals surface area contributed by atoms with Gasteiger partial charge in [-0.2, -0.15) is 0 Å². The van der Waals surface area contributed by atoms with Crippen molar-refractivity contribution in [2.24, 2.45) is 5.73 Å². The molecule has 4 N–H and O–H groups in total. The first-order chi connectivity index (χ1) is 9.90. The number of hydrogen-bond acceptors (Lipinski definition) is 4. The number of hydrogen-bond donors (Lipinski definition) is 3. The zero-order valence-electron chi connectivity index (χ0n) is 13.1. The van der Waals surface area contributed by atoms with Crippen LogP contribution in [0.4, 0.5) is 0 Å². The molecule has 3 atom stereocenters. The third-order valence-corrected chi connectivity index (χ3v) is 3.74. The normalized spacial score (nSPS) is 25.6. The summed E-state index contributed by atoms with van der Waals surface area (Å²) in [6.45, 7) is 7.33. The van der Waals surface area contributed by atoms with Crippen LogP contribution in [0.15, 0.2) is 11.6 Å². The number of nitrogens with two attached hydrogens (primary N) is 1. The maximum absolute atomic E-state index is 11.4. The van der Waals surface area contributed by atoms with Crippen molar-refractivity contribution < 1.29 is 14.7 Å². The minimum atomic E-state index is -0.926. The van der Waals surface area contributed by atoms with Crippen molar-refractivity contribution >= 4 is 11.9 Å². The highest BCUT2D eigenvalue weighted by atomic mass is 16.4. The number of carboxylic acids is 1. The molecule has 0 spiro atoms. The summed E-state index contributed by atoms with van der Waals surface area (Å²) in [7, 11) is 0. The van der Waals surface area contributed by atoms with Crippen LogP contribution in [-0.2, 0) is 9.59 Å². The van der Waals surface area contributed by atoms with Gasteiger partial charge in [-0.15, -0.1) is 0 Å². The van der Waals surface area contributed by atoms with Gasteiger partial charge < -0.3 is 16.2 Å². The van der Waals surface area contributed by atoms with E-state index in [9.17, 15) is 14.7 Å². The zero-order chi connectivity index (χ0) is 16.0. The minimum Gasteiger partial charge on any atom is -0.478 e. The molecule has 0 heterocycles. The van der Waals surface area contributed by atoms with Crippen LogP contribution in [0.1, 0.15) is 40.0 Å². The predicted octanol–water partition coefficient (Wildman–Crippen LogP) is 0.724. The molecule has 0 bridgehead atoms. The van der Waals surface area contributed by atoms with Crippen molar-refractivity contribution in [2.75, 3.05) is 13.1 Å². The van der Waals surface area contributed by atoms with Crippen molar-refractivity contribution in [1.29, 1.82) is 0 Å². The Labute approximate surface area is 126 Å². The van der Waals surface area contributed by atoms with E-state index >= 15 is 0 Å². The number of nitrogens with zero attached hydrogens (tertiary/aromatic N) is 1. The lowest BCUT2D eigenvalue weighted by Gasteiger charge is -2.41. The first-order valence-corrected chi connectivity index (χ1v) is 7.61. The lowest BCUT2D eigenvalue weighted by Crippen LogP contribution is -2.61. The summed E-state index contributed by atoms with van der Waals surface area (Å²) >= 11 is 0. The lowest BCUT2D eigenvalue weighted by molar-refractivity contribution is -0.133. The molecule has 1 aliphatic carbocycles. The largest absolute Gasteiger partial charge is 0.478 e. The molecule has 6 heteroatoms. The summed E-state index contributed by atoms with van der Waals surface area (Å²) in [6.07, 6.45) is 3.98. The van der Waals surface area contributed by atoms with E-state index in [1.165, 1.54) is 6.92 Å². The van der Waals surface area contributed by atoms with Crippen molar-refractivity contribution in [2.45, 2.75) is 58.2 Å². The maximum atomic E-state index is 11.4. The first kappa shape index (κ1) is 17.7. The van der Waals surface area contributed by atoms with Crippen LogP contribution in [0.2, 0.25) is 0 Å². The molecule has 1 aliphatic rings. The fraction of sp³-hybridized carbons (Fsp3) is 0.733. The molecule has 0 aliphatic heterocycles. The molecule has 21 heavy (non-hydrogen) atoms. The second kappa shape index (κ2) is 8.14. The fourth-order valence-corrected chi connectivity index (χ4v) is 2.91. The van der Waals surface area contributed by atoms with Gasteiger partial charge in [0.25, 0.3) is 0 Å². The maximum Gasteiger partial charge on any atom is 0.331 e. The molecule has 120 valence electrons. The second-order valence-electron chi connectivity index (χ2n) is 5.62. The molecule has 0 fully saturated rings. The molecule has 0 radical (unpaired) electrons. The highest BCUT2D eigenvalue weighted by Gasteiger charge is 2.36. The van der Waals surface area contributed by atoms with Crippen LogP contribution in [0.25, 0.3) is 0 Å². The molecular weight excluding hydrogens is 270 g/mol. The number of rotatable bonds is 7. The van der Waals surface area contributed by atoms with Crippen LogP contribution in [-0.4, -0.2) is 53.1 Å². The van der Waals surface area contributed by atoms with E-state index in [-0.39, 0.29) is 30.5 Å². The molecule has 6 nitrogen and oxygen atoms in total. The van der Waals surface area contributed by atoms with E-state index in [4.69, 9.17) is 5.73 Å². The zero-order valence-corrected chi connectivity index (χ0v) is 13.1. The van der Waals surface area contributed by atoms with Crippen molar-refractivity contribution in [3.8, 4) is 0 Å². The van der Waals surface area contributed by atoms with E-state index < -0.39 is 5.97 Å². The summed E-state index contributed by atoms with van der Waals surface area (Å²) in [5.41, 5.74) is 6.47. The van der Waals surface area contributed by atoms with Gasteiger partial charge in [-0.05, 0) is 32.4 Å². The van der Waals surface area contributed by atoms with Crippen LogP contribution in [0.3, 0.4) is 0 Å². The number of carbonyl (C=O) groups excluding carboxylic acids is 1. The number of aliphatic carboxylic acids is 1. The summed E-state index contributed by atoms with van der Waals surface area (Å²) in [5, 5.41) is 12.1. The topological polar surface area (TPSA) is 95.7 Å². The Morgan fingerprint density at radius 3 is 2.38 bits per heavy atom. The highest BCUT2D eigenvalue weighted by Crippen LogP contribution is 2.23. The number of carboxylic acid groups (broad SMARTS) is 1. The first-order valence-electron chi connectivity index (χ1n) is 7.61. The molecule has 0 aromatic heterocycles. The van der Waals surface area contributed by atoms with E-state index in [2.05, 4.69) is 24.1 Å². The molecule has 0 saturated carbocycles. The van der Waals surface area contributed by atoms with E-state index in [0.717, 1.165) is 25.9 Å². The van der Waals surface area contributed by atoms with Crippen molar-refractivity contribution in [3.63, 3.8) is 0 Å². The van der Waals surface area contributed by atoms with Gasteiger partial charge in [-0.3, -0.25) is 9.69 Å². The number of carbonyl (C=O) groups is 2. The van der Waals surface area contributed by atoms with E-state index in [0.29, 0.717) is 5.57 Å². The van der Waals surface area contributed by atoms with Crippen LogP contribution >= 0.6 is 0 Å². The Balaban J connectivity index is 3.09. The SMILES string of the molecule is CCCN(CCC)[C@@H]1C=C(C(=O)O)C[C@@H](N)[C@H]1NC(C)=O. The third-order valence-electron chi connectivity index (χ3n) is 3.74. The van der Waals surface area contributed by atoms with Gasteiger partial charge in [0.15, 0.2) is 0 Å². The Hall–Kier alpha value is -1.40. The Morgan fingerprint density at radius 1 is 1.38 bits per heavy atom. The quantitative estimate of drug-likeness (QED) is 0.643. The molecule has 0 aromatic rings.